The van der Waals surface area contributed by atoms with Crippen LogP contribution in [0.1, 0.15) is 25.3 Å². The molecule has 2 N–H and O–H groups in total. The summed E-state index contributed by atoms with van der Waals surface area (Å²) in [6.07, 6.45) is 3.96. The summed E-state index contributed by atoms with van der Waals surface area (Å²) in [5.41, 5.74) is 0.688. The van der Waals surface area contributed by atoms with Gasteiger partial charge in [-0.1, -0.05) is 11.3 Å². The van der Waals surface area contributed by atoms with Gasteiger partial charge in [0.1, 0.15) is 4.88 Å². The fourth-order valence-corrected chi connectivity index (χ4v) is 3.00. The quantitative estimate of drug-likeness (QED) is 0.847. The normalized spacial score (nSPS) is 10.9. The third kappa shape index (κ3) is 3.49. The average molecular weight is 309 g/mol. The molecule has 104 valence electrons. The van der Waals surface area contributed by atoms with E-state index in [0.29, 0.717) is 20.6 Å². The van der Waals surface area contributed by atoms with Crippen molar-refractivity contribution in [3.63, 3.8) is 0 Å². The number of carbonyl (C=O) groups is 2. The van der Waals surface area contributed by atoms with Crippen LogP contribution in [-0.2, 0) is 4.79 Å². The van der Waals surface area contributed by atoms with Gasteiger partial charge in [0, 0.05) is 17.2 Å². The van der Waals surface area contributed by atoms with Crippen LogP contribution in [0.4, 0.5) is 5.13 Å². The third-order valence-corrected chi connectivity index (χ3v) is 4.19. The fraction of sp³-hybridized carbons (Fsp3) is 0.167. The molecule has 2 aromatic rings. The van der Waals surface area contributed by atoms with Crippen LogP contribution in [0.3, 0.4) is 0 Å². The fourth-order valence-electron chi connectivity index (χ4n) is 1.47. The van der Waals surface area contributed by atoms with Crippen LogP contribution in [0, 0.1) is 13.8 Å². The minimum atomic E-state index is -1.03. The van der Waals surface area contributed by atoms with Crippen LogP contribution in [-0.4, -0.2) is 27.0 Å². The predicted octanol–water partition coefficient (Wildman–Crippen LogP) is 2.57. The van der Waals surface area contributed by atoms with Crippen molar-refractivity contribution in [1.82, 2.24) is 9.97 Å². The van der Waals surface area contributed by atoms with Gasteiger partial charge in [-0.25, -0.2) is 14.8 Å². The van der Waals surface area contributed by atoms with Gasteiger partial charge in [0.25, 0.3) is 5.91 Å². The second kappa shape index (κ2) is 5.93. The molecule has 0 fully saturated rings. The maximum atomic E-state index is 12.0. The van der Waals surface area contributed by atoms with Crippen molar-refractivity contribution in [2.45, 2.75) is 13.8 Å². The monoisotopic (exact) mass is 309 g/mol. The van der Waals surface area contributed by atoms with E-state index >= 15 is 0 Å². The van der Waals surface area contributed by atoms with Crippen molar-refractivity contribution in [2.24, 2.45) is 0 Å². The summed E-state index contributed by atoms with van der Waals surface area (Å²) >= 11 is 2.53. The molecule has 0 spiro atoms. The van der Waals surface area contributed by atoms with Crippen molar-refractivity contribution in [3.8, 4) is 0 Å². The van der Waals surface area contributed by atoms with Gasteiger partial charge in [-0.3, -0.25) is 10.1 Å². The van der Waals surface area contributed by atoms with Gasteiger partial charge in [0.05, 0.1) is 10.7 Å². The topological polar surface area (TPSA) is 92.2 Å². The highest BCUT2D eigenvalue weighted by atomic mass is 32.1. The highest BCUT2D eigenvalue weighted by molar-refractivity contribution is 7.17. The number of carbonyl (C=O) groups excluding carboxylic acids is 1. The first-order valence-electron chi connectivity index (χ1n) is 5.58. The molecule has 0 aliphatic heterocycles. The lowest BCUT2D eigenvalue weighted by Gasteiger charge is -1.98. The molecule has 0 aliphatic rings. The Bertz CT molecular complexity index is 688. The molecule has 0 saturated heterocycles. The Morgan fingerprint density at radius 2 is 2.10 bits per heavy atom. The predicted molar refractivity (Wildman–Crippen MR) is 78.3 cm³/mol. The second-order valence-corrected chi connectivity index (χ2v) is 6.11. The third-order valence-electron chi connectivity index (χ3n) is 2.24. The number of rotatable bonds is 4. The first-order valence-corrected chi connectivity index (χ1v) is 7.21. The lowest BCUT2D eigenvalue weighted by Crippen LogP contribution is -2.11. The molecule has 0 saturated carbocycles. The molecule has 8 heteroatoms. The number of aromatic nitrogens is 2. The molecular weight excluding hydrogens is 298 g/mol. The highest BCUT2D eigenvalue weighted by Crippen LogP contribution is 2.22. The largest absolute Gasteiger partial charge is 0.478 e. The Morgan fingerprint density at radius 3 is 2.70 bits per heavy atom. The lowest BCUT2D eigenvalue weighted by atomic mass is 10.4. The number of aliphatic carboxylic acids is 1. The van der Waals surface area contributed by atoms with Gasteiger partial charge >= 0.3 is 5.97 Å². The van der Waals surface area contributed by atoms with E-state index in [1.807, 2.05) is 6.92 Å². The van der Waals surface area contributed by atoms with Gasteiger partial charge in [-0.15, -0.1) is 11.3 Å². The van der Waals surface area contributed by atoms with E-state index in [9.17, 15) is 9.59 Å². The van der Waals surface area contributed by atoms with Crippen LogP contribution in [0.2, 0.25) is 0 Å². The van der Waals surface area contributed by atoms with Gasteiger partial charge in [-0.2, -0.15) is 0 Å². The molecule has 0 atom stereocenters. The molecule has 0 aliphatic carbocycles. The maximum absolute atomic E-state index is 12.0. The molecule has 0 aromatic carbocycles. The summed E-state index contributed by atoms with van der Waals surface area (Å²) < 4.78 is 0. The molecule has 0 bridgehead atoms. The summed E-state index contributed by atoms with van der Waals surface area (Å²) in [5, 5.41) is 12.5. The number of carboxylic acids is 1. The Labute approximate surface area is 122 Å². The lowest BCUT2D eigenvalue weighted by molar-refractivity contribution is -0.131. The van der Waals surface area contributed by atoms with Crippen LogP contribution in [0.5, 0.6) is 0 Å². The Balaban J connectivity index is 2.09. The number of hydrogen-bond donors (Lipinski definition) is 2. The molecule has 2 rings (SSSR count). The van der Waals surface area contributed by atoms with E-state index in [0.717, 1.165) is 11.1 Å². The van der Waals surface area contributed by atoms with Gasteiger partial charge in [-0.05, 0) is 19.9 Å². The zero-order chi connectivity index (χ0) is 14.7. The molecule has 2 aromatic heterocycles. The minimum Gasteiger partial charge on any atom is -0.478 e. The Hall–Kier alpha value is -2.06. The number of carboxylic acid groups (broad SMARTS) is 1. The van der Waals surface area contributed by atoms with Crippen LogP contribution < -0.4 is 5.32 Å². The average Bonchev–Trinajstić information content (AvgIpc) is 2.93. The Morgan fingerprint density at radius 1 is 1.35 bits per heavy atom. The van der Waals surface area contributed by atoms with Crippen molar-refractivity contribution >= 4 is 45.8 Å². The smallest absolute Gasteiger partial charge is 0.328 e. The maximum Gasteiger partial charge on any atom is 0.328 e. The van der Waals surface area contributed by atoms with E-state index < -0.39 is 5.97 Å². The summed E-state index contributed by atoms with van der Waals surface area (Å²) in [5.74, 6) is -1.28. The number of nitrogens with one attached hydrogen (secondary N) is 1. The van der Waals surface area contributed by atoms with Crippen molar-refractivity contribution in [3.05, 3.63) is 32.7 Å². The Kier molecular flexibility index (Phi) is 4.26. The zero-order valence-electron chi connectivity index (χ0n) is 10.7. The van der Waals surface area contributed by atoms with E-state index in [1.165, 1.54) is 34.9 Å². The second-order valence-electron chi connectivity index (χ2n) is 3.84. The first-order chi connectivity index (χ1) is 9.45. The summed E-state index contributed by atoms with van der Waals surface area (Å²) in [7, 11) is 0. The zero-order valence-corrected chi connectivity index (χ0v) is 12.3. The van der Waals surface area contributed by atoms with Crippen molar-refractivity contribution in [2.75, 3.05) is 5.32 Å². The number of amides is 1. The van der Waals surface area contributed by atoms with E-state index in [4.69, 9.17) is 5.11 Å². The molecular formula is C12H11N3O3S2. The van der Waals surface area contributed by atoms with Crippen LogP contribution >= 0.6 is 22.7 Å². The first kappa shape index (κ1) is 14.4. The molecule has 6 nitrogen and oxygen atoms in total. The molecule has 1 amide bonds. The summed E-state index contributed by atoms with van der Waals surface area (Å²) in [4.78, 5) is 31.9. The van der Waals surface area contributed by atoms with Gasteiger partial charge < -0.3 is 5.11 Å². The molecule has 20 heavy (non-hydrogen) atoms. The summed E-state index contributed by atoms with van der Waals surface area (Å²) in [6, 6.07) is 0. The molecule has 2 heterocycles. The van der Waals surface area contributed by atoms with Crippen molar-refractivity contribution < 1.29 is 14.7 Å². The van der Waals surface area contributed by atoms with Crippen molar-refractivity contribution in [1.29, 1.82) is 0 Å². The number of aryl methyl sites for hydroxylation is 2. The minimum absolute atomic E-state index is 0.254. The SMILES string of the molecule is Cc1nc(C)c(C(=O)Nc2ncc(/C=C/C(=O)O)s2)s1. The number of thiazole rings is 2. The van der Waals surface area contributed by atoms with E-state index in [1.54, 1.807) is 6.92 Å². The number of anilines is 1. The van der Waals surface area contributed by atoms with Gasteiger partial charge in [0.2, 0.25) is 0 Å². The summed E-state index contributed by atoms with van der Waals surface area (Å²) in [6.45, 7) is 3.62. The standard InChI is InChI=1S/C12H11N3O3S2/c1-6-10(19-7(2)14-6)11(18)15-12-13-5-8(20-12)3-4-9(16)17/h3-5H,1-2H3,(H,16,17)(H,13,15,18)/b4-3+. The van der Waals surface area contributed by atoms with E-state index in [-0.39, 0.29) is 5.91 Å². The van der Waals surface area contributed by atoms with Crippen LogP contribution in [0.15, 0.2) is 12.3 Å². The van der Waals surface area contributed by atoms with Gasteiger partial charge in [0.15, 0.2) is 5.13 Å². The highest BCUT2D eigenvalue weighted by Gasteiger charge is 2.15. The van der Waals surface area contributed by atoms with Crippen LogP contribution in [0.25, 0.3) is 6.08 Å². The molecule has 0 radical (unpaired) electrons. The number of nitrogens with zero attached hydrogens (tertiary/aromatic N) is 2. The number of hydrogen-bond acceptors (Lipinski definition) is 6. The molecule has 0 unspecified atom stereocenters. The van der Waals surface area contributed by atoms with E-state index in [2.05, 4.69) is 15.3 Å².